The number of hydrogen-bond donors (Lipinski definition) is 1. The predicted octanol–water partition coefficient (Wildman–Crippen LogP) is 3.01. The van der Waals surface area contributed by atoms with Crippen molar-refractivity contribution < 1.29 is 5.11 Å². The van der Waals surface area contributed by atoms with Crippen molar-refractivity contribution in [3.8, 4) is 5.75 Å². The second-order valence-electron chi connectivity index (χ2n) is 3.70. The summed E-state index contributed by atoms with van der Waals surface area (Å²) >= 11 is 5.81. The molecule has 0 saturated carbocycles. The van der Waals surface area contributed by atoms with E-state index in [1.165, 1.54) is 0 Å². The molecule has 0 aromatic heterocycles. The lowest BCUT2D eigenvalue weighted by Gasteiger charge is -1.99. The van der Waals surface area contributed by atoms with Crippen LogP contribution < -0.4 is 5.19 Å². The fourth-order valence-electron chi connectivity index (χ4n) is 1.50. The summed E-state index contributed by atoms with van der Waals surface area (Å²) in [6.07, 6.45) is 3.91. The third kappa shape index (κ3) is 3.48. The van der Waals surface area contributed by atoms with Gasteiger partial charge >= 0.3 is 0 Å². The highest BCUT2D eigenvalue weighted by molar-refractivity contribution is 6.32. The van der Waals surface area contributed by atoms with Crippen LogP contribution in [0.15, 0.2) is 42.5 Å². The molecule has 1 nitrogen and oxygen atoms in total. The number of hydrogen-bond acceptors (Lipinski definition) is 1. The molecule has 83 valence electrons. The minimum absolute atomic E-state index is 0.244. The largest absolute Gasteiger partial charge is 0.508 e. The van der Waals surface area contributed by atoms with Gasteiger partial charge in [0.15, 0.2) is 0 Å². The number of phenols is 1. The van der Waals surface area contributed by atoms with Crippen LogP contribution in [0.25, 0.3) is 12.2 Å². The lowest BCUT2D eigenvalue weighted by Crippen LogP contribution is -2.00. The van der Waals surface area contributed by atoms with E-state index < -0.39 is 0 Å². The van der Waals surface area contributed by atoms with Crippen LogP contribution in [0.2, 0.25) is 5.02 Å². The van der Waals surface area contributed by atoms with Crippen LogP contribution in [-0.4, -0.2) is 15.3 Å². The maximum absolute atomic E-state index is 9.45. The molecule has 2 aromatic carbocycles. The predicted molar refractivity (Wildman–Crippen MR) is 73.9 cm³/mol. The lowest BCUT2D eigenvalue weighted by molar-refractivity contribution is 0.475. The second kappa shape index (κ2) is 5.21. The number of halogens is 1. The van der Waals surface area contributed by atoms with Crippen LogP contribution in [0.5, 0.6) is 5.75 Å². The van der Waals surface area contributed by atoms with Crippen molar-refractivity contribution in [2.75, 3.05) is 0 Å². The van der Waals surface area contributed by atoms with Gasteiger partial charge in [0.2, 0.25) is 0 Å². The molecular formula is C14H10ClOSi. The molecule has 0 spiro atoms. The molecule has 1 N–H and O–H groups in total. The van der Waals surface area contributed by atoms with E-state index in [1.54, 1.807) is 12.1 Å². The van der Waals surface area contributed by atoms with Crippen molar-refractivity contribution in [2.45, 2.75) is 0 Å². The Kier molecular flexibility index (Phi) is 3.67. The van der Waals surface area contributed by atoms with E-state index in [4.69, 9.17) is 11.6 Å². The second-order valence-corrected chi connectivity index (χ2v) is 4.71. The van der Waals surface area contributed by atoms with Gasteiger partial charge in [-0.15, -0.1) is 0 Å². The summed E-state index contributed by atoms with van der Waals surface area (Å²) in [4.78, 5) is 0. The summed E-state index contributed by atoms with van der Waals surface area (Å²) in [6.45, 7) is 0. The van der Waals surface area contributed by atoms with E-state index in [0.29, 0.717) is 0 Å². The SMILES string of the molecule is Oc1cc([Si])cc(/C=C\c2ccc(Cl)cc2)c1. The fraction of sp³-hybridized carbons (Fsp3) is 0. The van der Waals surface area contributed by atoms with Crippen LogP contribution in [0.3, 0.4) is 0 Å². The highest BCUT2D eigenvalue weighted by Crippen LogP contribution is 2.14. The average Bonchev–Trinajstić information content (AvgIpc) is 2.27. The molecule has 17 heavy (non-hydrogen) atoms. The van der Waals surface area contributed by atoms with Crippen LogP contribution in [0, 0.1) is 0 Å². The number of phenolic OH excluding ortho intramolecular Hbond substituents is 1. The van der Waals surface area contributed by atoms with Crippen molar-refractivity contribution in [1.82, 2.24) is 0 Å². The molecule has 0 atom stereocenters. The standard InChI is InChI=1S/C14H10ClOSi/c15-12-5-3-10(4-6-12)1-2-11-7-13(16)9-14(17)8-11/h1-9,16H/b2-1-. The minimum Gasteiger partial charge on any atom is -0.508 e. The molecule has 0 saturated heterocycles. The Hall–Kier alpha value is -1.51. The Labute approximate surface area is 109 Å². The third-order valence-electron chi connectivity index (χ3n) is 2.28. The van der Waals surface area contributed by atoms with Gasteiger partial charge in [-0.25, -0.2) is 0 Å². The average molecular weight is 258 g/mol. The maximum Gasteiger partial charge on any atom is 0.116 e. The first-order valence-electron chi connectivity index (χ1n) is 5.13. The molecule has 2 rings (SSSR count). The van der Waals surface area contributed by atoms with Gasteiger partial charge in [-0.05, 0) is 35.4 Å². The minimum atomic E-state index is 0.244. The normalized spacial score (nSPS) is 10.9. The summed E-state index contributed by atoms with van der Waals surface area (Å²) in [5.74, 6) is 0.244. The Morgan fingerprint density at radius 1 is 0.941 bits per heavy atom. The van der Waals surface area contributed by atoms with Gasteiger partial charge in [0.1, 0.15) is 5.75 Å². The first-order valence-corrected chi connectivity index (χ1v) is 6.00. The maximum atomic E-state index is 9.45. The Morgan fingerprint density at radius 3 is 2.24 bits per heavy atom. The van der Waals surface area contributed by atoms with E-state index in [1.807, 2.05) is 42.5 Å². The van der Waals surface area contributed by atoms with Crippen molar-refractivity contribution in [2.24, 2.45) is 0 Å². The molecule has 0 aliphatic rings. The van der Waals surface area contributed by atoms with E-state index in [-0.39, 0.29) is 5.75 Å². The number of benzene rings is 2. The molecule has 0 unspecified atom stereocenters. The van der Waals surface area contributed by atoms with Crippen molar-refractivity contribution in [3.05, 3.63) is 58.6 Å². The molecule has 3 radical (unpaired) electrons. The Balaban J connectivity index is 2.22. The Bertz CT molecular complexity index is 526. The first-order chi connectivity index (χ1) is 8.13. The van der Waals surface area contributed by atoms with Crippen LogP contribution in [0.1, 0.15) is 11.1 Å². The third-order valence-corrected chi connectivity index (χ3v) is 2.82. The molecule has 0 amide bonds. The van der Waals surface area contributed by atoms with Gasteiger partial charge in [0.05, 0.1) is 10.2 Å². The molecule has 0 bridgehead atoms. The van der Waals surface area contributed by atoms with E-state index in [9.17, 15) is 5.11 Å². The molecular weight excluding hydrogens is 248 g/mol. The van der Waals surface area contributed by atoms with Crippen molar-refractivity contribution >= 4 is 39.2 Å². The highest BCUT2D eigenvalue weighted by atomic mass is 35.5. The van der Waals surface area contributed by atoms with Gasteiger partial charge in [0.25, 0.3) is 0 Å². The summed E-state index contributed by atoms with van der Waals surface area (Å²) < 4.78 is 0. The summed E-state index contributed by atoms with van der Waals surface area (Å²) in [7, 11) is 3.39. The molecule has 0 aliphatic heterocycles. The van der Waals surface area contributed by atoms with Gasteiger partial charge < -0.3 is 5.11 Å². The fourth-order valence-corrected chi connectivity index (χ4v) is 1.94. The highest BCUT2D eigenvalue weighted by Gasteiger charge is 1.94. The number of rotatable bonds is 2. The quantitative estimate of drug-likeness (QED) is 0.648. The van der Waals surface area contributed by atoms with Gasteiger partial charge in [-0.3, -0.25) is 0 Å². The van der Waals surface area contributed by atoms with Crippen molar-refractivity contribution in [3.63, 3.8) is 0 Å². The van der Waals surface area contributed by atoms with E-state index in [0.717, 1.165) is 21.3 Å². The number of aromatic hydroxyl groups is 1. The molecule has 2 aromatic rings. The van der Waals surface area contributed by atoms with Gasteiger partial charge in [-0.2, -0.15) is 0 Å². The summed E-state index contributed by atoms with van der Waals surface area (Å²) in [5.41, 5.74) is 2.00. The lowest BCUT2D eigenvalue weighted by atomic mass is 10.1. The van der Waals surface area contributed by atoms with Crippen LogP contribution >= 0.6 is 11.6 Å². The Morgan fingerprint density at radius 2 is 1.59 bits per heavy atom. The molecule has 3 heteroatoms. The zero-order chi connectivity index (χ0) is 12.3. The van der Waals surface area contributed by atoms with E-state index in [2.05, 4.69) is 10.2 Å². The van der Waals surface area contributed by atoms with Crippen molar-refractivity contribution in [1.29, 1.82) is 0 Å². The summed E-state index contributed by atoms with van der Waals surface area (Å²) in [6, 6.07) is 12.9. The summed E-state index contributed by atoms with van der Waals surface area (Å²) in [5, 5.41) is 11.0. The molecule has 0 aliphatic carbocycles. The first kappa shape index (κ1) is 12.0. The van der Waals surface area contributed by atoms with Crippen LogP contribution in [-0.2, 0) is 0 Å². The zero-order valence-corrected chi connectivity index (χ0v) is 10.8. The van der Waals surface area contributed by atoms with Gasteiger partial charge in [-0.1, -0.05) is 47.1 Å². The van der Waals surface area contributed by atoms with E-state index >= 15 is 0 Å². The van der Waals surface area contributed by atoms with Gasteiger partial charge in [0, 0.05) is 5.02 Å². The molecule has 0 heterocycles. The zero-order valence-electron chi connectivity index (χ0n) is 9.02. The molecule has 0 fully saturated rings. The monoisotopic (exact) mass is 257 g/mol. The topological polar surface area (TPSA) is 20.2 Å². The van der Waals surface area contributed by atoms with Crippen LogP contribution in [0.4, 0.5) is 0 Å². The smallest absolute Gasteiger partial charge is 0.116 e.